The van der Waals surface area contributed by atoms with Crippen LogP contribution in [0.25, 0.3) is 0 Å². The summed E-state index contributed by atoms with van der Waals surface area (Å²) in [5.74, 6) is 0.0268. The van der Waals surface area contributed by atoms with Crippen molar-refractivity contribution in [3.05, 3.63) is 4.91 Å². The van der Waals surface area contributed by atoms with Crippen LogP contribution in [0, 0.1) is 10.8 Å². The molecule has 1 amide bonds. The van der Waals surface area contributed by atoms with Gasteiger partial charge in [0.05, 0.1) is 0 Å². The number of hydrogen-bond acceptors (Lipinski definition) is 3. The highest BCUT2D eigenvalue weighted by atomic mass is 16.3. The van der Waals surface area contributed by atoms with Crippen LogP contribution in [-0.2, 0) is 4.79 Å². The quantitative estimate of drug-likeness (QED) is 0.507. The summed E-state index contributed by atoms with van der Waals surface area (Å²) in [5.41, 5.74) is 0. The van der Waals surface area contributed by atoms with Crippen LogP contribution in [0.4, 0.5) is 0 Å². The van der Waals surface area contributed by atoms with E-state index in [2.05, 4.69) is 31.3 Å². The van der Waals surface area contributed by atoms with Crippen LogP contribution in [0.1, 0.15) is 33.6 Å². The smallest absolute Gasteiger partial charge is 0.286 e. The molecule has 0 aromatic rings. The Morgan fingerprint density at radius 1 is 1.38 bits per heavy atom. The molecule has 0 fully saturated rings. The van der Waals surface area contributed by atoms with Gasteiger partial charge in [-0.3, -0.25) is 4.79 Å². The molecule has 0 saturated heterocycles. The van der Waals surface area contributed by atoms with Crippen LogP contribution in [0.3, 0.4) is 0 Å². The third-order valence-corrected chi connectivity index (χ3v) is 2.14. The molecule has 13 heavy (non-hydrogen) atoms. The third-order valence-electron chi connectivity index (χ3n) is 2.14. The summed E-state index contributed by atoms with van der Waals surface area (Å²) in [6, 6.07) is 0.444. The highest BCUT2D eigenvalue weighted by molar-refractivity contribution is 5.76. The van der Waals surface area contributed by atoms with Crippen molar-refractivity contribution in [3.8, 4) is 0 Å². The van der Waals surface area contributed by atoms with Crippen LogP contribution >= 0.6 is 0 Å². The molecule has 0 bridgehead atoms. The lowest BCUT2D eigenvalue weighted by Gasteiger charge is -2.16. The maximum atomic E-state index is 10.5. The van der Waals surface area contributed by atoms with Crippen molar-refractivity contribution in [2.75, 3.05) is 6.54 Å². The number of nitrogens with zero attached hydrogens (tertiary/aromatic N) is 1. The average Bonchev–Trinajstić information content (AvgIpc) is 2.11. The van der Waals surface area contributed by atoms with Gasteiger partial charge in [0, 0.05) is 17.6 Å². The molecule has 0 heterocycles. The number of amides is 1. The van der Waals surface area contributed by atoms with Gasteiger partial charge in [0.2, 0.25) is 0 Å². The number of rotatable bonds is 6. The maximum Gasteiger partial charge on any atom is 0.286 e. The molecular weight excluding hydrogens is 168 g/mol. The lowest BCUT2D eigenvalue weighted by molar-refractivity contribution is -0.118. The Hall–Kier alpha value is -0.770. The van der Waals surface area contributed by atoms with E-state index in [9.17, 15) is 9.70 Å². The first-order chi connectivity index (χ1) is 6.07. The Bertz CT molecular complexity index is 169. The van der Waals surface area contributed by atoms with Crippen molar-refractivity contribution < 1.29 is 4.79 Å². The van der Waals surface area contributed by atoms with Gasteiger partial charge in [0.1, 0.15) is 0 Å². The molecule has 0 spiro atoms. The third kappa shape index (κ3) is 6.40. The van der Waals surface area contributed by atoms with E-state index in [4.69, 9.17) is 0 Å². The highest BCUT2D eigenvalue weighted by Crippen LogP contribution is 2.00. The number of carbonyl (C=O) groups excluding carboxylic acids is 1. The first kappa shape index (κ1) is 12.2. The largest absolute Gasteiger partial charge is 0.314 e. The van der Waals surface area contributed by atoms with Crippen molar-refractivity contribution in [1.82, 2.24) is 5.32 Å². The topological polar surface area (TPSA) is 58.5 Å². The fraction of sp³-hybridized carbons (Fsp3) is 0.889. The Kier molecular flexibility index (Phi) is 6.32. The van der Waals surface area contributed by atoms with Gasteiger partial charge in [-0.05, 0) is 25.8 Å². The predicted octanol–water partition coefficient (Wildman–Crippen LogP) is 1.69. The van der Waals surface area contributed by atoms with E-state index < -0.39 is 5.91 Å². The van der Waals surface area contributed by atoms with E-state index in [1.165, 1.54) is 0 Å². The van der Waals surface area contributed by atoms with E-state index >= 15 is 0 Å². The molecule has 0 saturated carbocycles. The van der Waals surface area contributed by atoms with E-state index in [1.807, 2.05) is 0 Å². The lowest BCUT2D eigenvalue weighted by Crippen LogP contribution is -2.31. The first-order valence-corrected chi connectivity index (χ1v) is 4.67. The van der Waals surface area contributed by atoms with E-state index in [0.29, 0.717) is 18.4 Å². The second kappa shape index (κ2) is 6.71. The van der Waals surface area contributed by atoms with Gasteiger partial charge in [0.15, 0.2) is 0 Å². The molecule has 1 unspecified atom stereocenters. The Morgan fingerprint density at radius 2 is 2.00 bits per heavy atom. The van der Waals surface area contributed by atoms with Crippen molar-refractivity contribution in [2.24, 2.45) is 11.1 Å². The molecule has 0 aromatic heterocycles. The van der Waals surface area contributed by atoms with E-state index in [0.717, 1.165) is 6.54 Å². The minimum absolute atomic E-state index is 0.251. The van der Waals surface area contributed by atoms with Crippen molar-refractivity contribution >= 4 is 5.91 Å². The summed E-state index contributed by atoms with van der Waals surface area (Å²) in [6.45, 7) is 7.14. The number of hydrogen-bond donors (Lipinski definition) is 1. The molecule has 0 radical (unpaired) electrons. The average molecular weight is 186 g/mol. The second-order valence-electron chi connectivity index (χ2n) is 3.58. The molecular formula is C9H18N2O2. The normalized spacial score (nSPS) is 12.9. The summed E-state index contributed by atoms with van der Waals surface area (Å²) in [7, 11) is 0. The molecule has 0 aliphatic carbocycles. The van der Waals surface area contributed by atoms with Crippen LogP contribution in [0.5, 0.6) is 0 Å². The van der Waals surface area contributed by atoms with Gasteiger partial charge in [-0.1, -0.05) is 13.8 Å². The van der Waals surface area contributed by atoms with Gasteiger partial charge >= 0.3 is 0 Å². The molecule has 0 aliphatic heterocycles. The summed E-state index contributed by atoms with van der Waals surface area (Å²) in [6.07, 6.45) is 0.933. The zero-order valence-corrected chi connectivity index (χ0v) is 8.54. The molecule has 1 atom stereocenters. The molecule has 4 nitrogen and oxygen atoms in total. The van der Waals surface area contributed by atoms with Gasteiger partial charge in [0.25, 0.3) is 5.91 Å². The summed E-state index contributed by atoms with van der Waals surface area (Å²) in [5, 5.41) is 5.59. The minimum Gasteiger partial charge on any atom is -0.314 e. The summed E-state index contributed by atoms with van der Waals surface area (Å²) < 4.78 is 0. The van der Waals surface area contributed by atoms with Crippen molar-refractivity contribution in [2.45, 2.75) is 39.7 Å². The van der Waals surface area contributed by atoms with Crippen molar-refractivity contribution in [3.63, 3.8) is 0 Å². The van der Waals surface area contributed by atoms with Gasteiger partial charge in [-0.15, -0.1) is 4.91 Å². The predicted molar refractivity (Wildman–Crippen MR) is 52.3 cm³/mol. The standard InChI is InChI=1S/C9H18N2O2/c1-7(2)8(3)10-6-4-5-9(12)11-13/h7-8,10H,4-6H2,1-3H3. The van der Waals surface area contributed by atoms with Crippen molar-refractivity contribution in [1.29, 1.82) is 0 Å². The van der Waals surface area contributed by atoms with Crippen LogP contribution < -0.4 is 5.32 Å². The fourth-order valence-electron chi connectivity index (χ4n) is 0.851. The zero-order chi connectivity index (χ0) is 10.3. The zero-order valence-electron chi connectivity index (χ0n) is 8.54. The Labute approximate surface area is 79.1 Å². The van der Waals surface area contributed by atoms with Crippen LogP contribution in [0.2, 0.25) is 0 Å². The molecule has 0 aliphatic rings. The van der Waals surface area contributed by atoms with Crippen LogP contribution in [0.15, 0.2) is 5.18 Å². The monoisotopic (exact) mass is 186 g/mol. The molecule has 0 rings (SSSR count). The minimum atomic E-state index is -0.556. The molecule has 1 N–H and O–H groups in total. The SMILES string of the molecule is CC(C)C(C)NCCCC(=O)N=O. The van der Waals surface area contributed by atoms with Crippen LogP contribution in [-0.4, -0.2) is 18.5 Å². The lowest BCUT2D eigenvalue weighted by atomic mass is 10.1. The summed E-state index contributed by atoms with van der Waals surface area (Å²) >= 11 is 0. The van der Waals surface area contributed by atoms with Gasteiger partial charge < -0.3 is 5.32 Å². The summed E-state index contributed by atoms with van der Waals surface area (Å²) in [4.78, 5) is 20.2. The molecule has 76 valence electrons. The Balaban J connectivity index is 3.35. The molecule has 4 heteroatoms. The Morgan fingerprint density at radius 3 is 2.46 bits per heavy atom. The number of nitroso groups, excluding NO2 is 1. The fourth-order valence-corrected chi connectivity index (χ4v) is 0.851. The van der Waals surface area contributed by atoms with E-state index in [-0.39, 0.29) is 6.42 Å². The second-order valence-corrected chi connectivity index (χ2v) is 3.58. The van der Waals surface area contributed by atoms with Gasteiger partial charge in [-0.2, -0.15) is 0 Å². The maximum absolute atomic E-state index is 10.5. The number of carbonyl (C=O) groups is 1. The number of nitrogens with one attached hydrogen (secondary N) is 1. The highest BCUT2D eigenvalue weighted by Gasteiger charge is 2.05. The molecule has 0 aromatic carbocycles. The van der Waals surface area contributed by atoms with Gasteiger partial charge in [-0.25, -0.2) is 0 Å². The van der Waals surface area contributed by atoms with E-state index in [1.54, 1.807) is 0 Å². The first-order valence-electron chi connectivity index (χ1n) is 4.67.